The van der Waals surface area contributed by atoms with E-state index in [9.17, 15) is 24.0 Å². The zero-order valence-corrected chi connectivity index (χ0v) is 26.2. The lowest BCUT2D eigenvalue weighted by Crippen LogP contribution is -2.65. The van der Waals surface area contributed by atoms with Gasteiger partial charge < -0.3 is 44.2 Å². The lowest BCUT2D eigenvalue weighted by Gasteiger charge is -2.43. The molecule has 0 bridgehead atoms. The second-order valence-corrected chi connectivity index (χ2v) is 10.8. The van der Waals surface area contributed by atoms with Crippen LogP contribution in [-0.4, -0.2) is 93.1 Å². The van der Waals surface area contributed by atoms with Crippen LogP contribution in [0.2, 0.25) is 0 Å². The zero-order chi connectivity index (χ0) is 34.1. The highest BCUT2D eigenvalue weighted by Gasteiger charge is 2.49. The molecular weight excluding hydrogens is 616 g/mol. The molecule has 252 valence electrons. The summed E-state index contributed by atoms with van der Waals surface area (Å²) >= 11 is 0. The molecule has 0 aromatic heterocycles. The van der Waals surface area contributed by atoms with Gasteiger partial charge in [0.1, 0.15) is 25.9 Å². The van der Waals surface area contributed by atoms with Crippen molar-refractivity contribution in [2.45, 2.75) is 63.4 Å². The highest BCUT2D eigenvalue weighted by atomic mass is 16.7. The van der Waals surface area contributed by atoms with Crippen LogP contribution >= 0.6 is 0 Å². The summed E-state index contributed by atoms with van der Waals surface area (Å²) in [6.45, 7) is 5.87. The van der Waals surface area contributed by atoms with Gasteiger partial charge in [0.15, 0.2) is 24.5 Å². The molecule has 1 aliphatic carbocycles. The van der Waals surface area contributed by atoms with Gasteiger partial charge in [-0.05, 0) is 22.3 Å². The Balaban J connectivity index is 1.46. The smallest absolute Gasteiger partial charge is 0.407 e. The summed E-state index contributed by atoms with van der Waals surface area (Å²) in [5.41, 5.74) is 10.4. The van der Waals surface area contributed by atoms with Crippen LogP contribution in [0, 0.1) is 0 Å². The maximum atomic E-state index is 13.0. The topological polar surface area (TPSA) is 188 Å². The Morgan fingerprint density at radius 2 is 1.45 bits per heavy atom. The highest BCUT2D eigenvalue weighted by Crippen LogP contribution is 2.44. The monoisotopic (exact) mass is 654 g/mol. The Bertz CT molecular complexity index is 1430. The molecule has 1 saturated heterocycles. The number of hydrogen-bond acceptors (Lipinski definition) is 13. The second kappa shape index (κ2) is 16.2. The number of benzene rings is 2. The van der Waals surface area contributed by atoms with Crippen LogP contribution in [0.25, 0.3) is 11.1 Å². The number of carbonyl (C=O) groups excluding carboxylic acids is 5. The van der Waals surface area contributed by atoms with E-state index in [2.05, 4.69) is 11.9 Å². The van der Waals surface area contributed by atoms with E-state index in [4.69, 9.17) is 38.9 Å². The van der Waals surface area contributed by atoms with Crippen LogP contribution in [0.3, 0.4) is 0 Å². The fourth-order valence-electron chi connectivity index (χ4n) is 5.47. The van der Waals surface area contributed by atoms with Crippen molar-refractivity contribution in [3.8, 4) is 11.1 Å². The van der Waals surface area contributed by atoms with Gasteiger partial charge in [-0.3, -0.25) is 14.4 Å². The van der Waals surface area contributed by atoms with Crippen LogP contribution in [0.4, 0.5) is 4.79 Å². The van der Waals surface area contributed by atoms with Gasteiger partial charge >= 0.3 is 30.0 Å². The molecule has 14 nitrogen and oxygen atoms in total. The first kappa shape index (κ1) is 35.1. The number of rotatable bonds is 13. The normalized spacial score (nSPS) is 22.1. The molecule has 47 heavy (non-hydrogen) atoms. The predicted molar refractivity (Wildman–Crippen MR) is 163 cm³/mol. The molecule has 1 amide bonds. The van der Waals surface area contributed by atoms with Gasteiger partial charge in [0.05, 0.1) is 12.6 Å². The number of nitrogens with one attached hydrogen (secondary N) is 1. The van der Waals surface area contributed by atoms with E-state index in [1.807, 2.05) is 48.5 Å². The number of amides is 1. The van der Waals surface area contributed by atoms with Crippen molar-refractivity contribution < 1.29 is 57.1 Å². The van der Waals surface area contributed by atoms with Gasteiger partial charge in [-0.2, -0.15) is 0 Å². The number of ether oxygens (including phenoxy) is 7. The third-order valence-corrected chi connectivity index (χ3v) is 7.44. The summed E-state index contributed by atoms with van der Waals surface area (Å²) in [5.74, 6) is -3.20. The van der Waals surface area contributed by atoms with Crippen molar-refractivity contribution in [1.29, 1.82) is 0 Å². The third-order valence-electron chi connectivity index (χ3n) is 7.44. The van der Waals surface area contributed by atoms with Gasteiger partial charge in [-0.1, -0.05) is 61.2 Å². The molecule has 2 aromatic rings. The molecule has 6 atom stereocenters. The second-order valence-electron chi connectivity index (χ2n) is 10.8. The van der Waals surface area contributed by atoms with E-state index in [-0.39, 0.29) is 19.1 Å². The Morgan fingerprint density at radius 1 is 0.851 bits per heavy atom. The Labute approximate surface area is 271 Å². The van der Waals surface area contributed by atoms with Gasteiger partial charge in [0.25, 0.3) is 0 Å². The van der Waals surface area contributed by atoms with E-state index >= 15 is 0 Å². The van der Waals surface area contributed by atoms with Crippen LogP contribution in [0.1, 0.15) is 37.8 Å². The predicted octanol–water partition coefficient (Wildman–Crippen LogP) is 2.12. The average Bonchev–Trinajstić information content (AvgIpc) is 3.35. The van der Waals surface area contributed by atoms with Crippen molar-refractivity contribution in [3.05, 3.63) is 72.3 Å². The molecule has 0 saturated carbocycles. The van der Waals surface area contributed by atoms with Crippen molar-refractivity contribution in [1.82, 2.24) is 5.32 Å². The molecule has 2 aliphatic rings. The standard InChI is InChI=1S/C33H38N2O12/c1-5-14-41-31(39)26(35-33(40)44-15-25-23-12-8-6-10-21(23)22-11-7-9-13-24(22)25)16-43-32-28(34)30(46-20(4)38)29(45-19(3)37)27(47-32)17-42-18(2)36/h5-13,25-30,32H,1,14-17,34H2,2-4H3,(H,35,40)/t26-,27+,28+,29+,30+,32+/m0/s1. The Hall–Kier alpha value is -4.79. The molecule has 0 spiro atoms. The fraction of sp³-hybridized carbons (Fsp3) is 0.424. The van der Waals surface area contributed by atoms with Crippen molar-refractivity contribution in [3.63, 3.8) is 0 Å². The number of esters is 4. The lowest BCUT2D eigenvalue weighted by molar-refractivity contribution is -0.274. The van der Waals surface area contributed by atoms with Gasteiger partial charge in [-0.15, -0.1) is 0 Å². The van der Waals surface area contributed by atoms with Gasteiger partial charge in [0, 0.05) is 26.7 Å². The summed E-state index contributed by atoms with van der Waals surface area (Å²) in [4.78, 5) is 61.2. The molecule has 1 fully saturated rings. The fourth-order valence-corrected chi connectivity index (χ4v) is 5.47. The Morgan fingerprint density at radius 3 is 2.02 bits per heavy atom. The molecular formula is C33H38N2O12. The SMILES string of the molecule is C=CCOC(=O)[C@H](CO[C@@H]1O[C@H](COC(C)=O)[C@@H](OC(C)=O)[C@H](OC(C)=O)[C@H]1N)NC(=O)OCC1c2ccccc2-c2ccccc21. The van der Waals surface area contributed by atoms with Crippen molar-refractivity contribution >= 4 is 30.0 Å². The Kier molecular flexibility index (Phi) is 12.1. The molecule has 14 heteroatoms. The van der Waals surface area contributed by atoms with Crippen LogP contribution in [-0.2, 0) is 52.3 Å². The zero-order valence-electron chi connectivity index (χ0n) is 26.2. The van der Waals surface area contributed by atoms with Crippen molar-refractivity contribution in [2.24, 2.45) is 5.73 Å². The molecule has 4 rings (SSSR count). The van der Waals surface area contributed by atoms with Crippen LogP contribution < -0.4 is 11.1 Å². The van der Waals surface area contributed by atoms with E-state index in [1.165, 1.54) is 13.0 Å². The third kappa shape index (κ3) is 8.93. The first-order chi connectivity index (χ1) is 22.5. The minimum Gasteiger partial charge on any atom is -0.463 e. The minimum atomic E-state index is -1.40. The average molecular weight is 655 g/mol. The molecule has 3 N–H and O–H groups in total. The molecule has 0 unspecified atom stereocenters. The molecule has 1 aliphatic heterocycles. The van der Waals surface area contributed by atoms with E-state index in [1.54, 1.807) is 0 Å². The molecule has 1 heterocycles. The van der Waals surface area contributed by atoms with Gasteiger partial charge in [0.2, 0.25) is 0 Å². The number of alkyl carbamates (subject to hydrolysis) is 1. The number of nitrogens with two attached hydrogens (primary N) is 1. The number of fused-ring (bicyclic) bond motifs is 3. The first-order valence-corrected chi connectivity index (χ1v) is 14.9. The van der Waals surface area contributed by atoms with Crippen LogP contribution in [0.15, 0.2) is 61.2 Å². The van der Waals surface area contributed by atoms with Crippen molar-refractivity contribution in [2.75, 3.05) is 26.4 Å². The molecule has 0 radical (unpaired) electrons. The molecule has 2 aromatic carbocycles. The first-order valence-electron chi connectivity index (χ1n) is 14.9. The van der Waals surface area contributed by atoms with E-state index in [0.29, 0.717) is 0 Å². The lowest BCUT2D eigenvalue weighted by atomic mass is 9.97. The summed E-state index contributed by atoms with van der Waals surface area (Å²) in [6, 6.07) is 13.0. The minimum absolute atomic E-state index is 0.00875. The van der Waals surface area contributed by atoms with E-state index in [0.717, 1.165) is 36.1 Å². The van der Waals surface area contributed by atoms with Crippen LogP contribution in [0.5, 0.6) is 0 Å². The van der Waals surface area contributed by atoms with E-state index < -0.39 is 79.9 Å². The van der Waals surface area contributed by atoms with Gasteiger partial charge in [-0.25, -0.2) is 9.59 Å². The summed E-state index contributed by atoms with van der Waals surface area (Å²) in [7, 11) is 0. The summed E-state index contributed by atoms with van der Waals surface area (Å²) in [6.07, 6.45) is -4.65. The quantitative estimate of drug-likeness (QED) is 0.182. The summed E-state index contributed by atoms with van der Waals surface area (Å²) < 4.78 is 38.1. The highest BCUT2D eigenvalue weighted by molar-refractivity contribution is 5.82. The number of hydrogen-bond donors (Lipinski definition) is 2. The largest absolute Gasteiger partial charge is 0.463 e. The number of carbonyl (C=O) groups is 5. The maximum Gasteiger partial charge on any atom is 0.407 e. The summed E-state index contributed by atoms with van der Waals surface area (Å²) in [5, 5.41) is 2.47. The maximum absolute atomic E-state index is 13.0.